The van der Waals surface area contributed by atoms with Gasteiger partial charge in [-0.2, -0.15) is 0 Å². The first-order valence-electron chi connectivity index (χ1n) is 7.45. The number of anilines is 2. The van der Waals surface area contributed by atoms with Crippen LogP contribution in [0.3, 0.4) is 0 Å². The number of hydrogen-bond acceptors (Lipinski definition) is 4. The Balaban J connectivity index is 2.03. The van der Waals surface area contributed by atoms with Crippen LogP contribution >= 0.6 is 0 Å². The Hall–Kier alpha value is -2.53. The van der Waals surface area contributed by atoms with Gasteiger partial charge in [-0.05, 0) is 42.3 Å². The Morgan fingerprint density at radius 2 is 1.87 bits per heavy atom. The molecule has 0 saturated carbocycles. The average molecular weight is 314 g/mol. The zero-order chi connectivity index (χ0) is 16.7. The highest BCUT2D eigenvalue weighted by molar-refractivity contribution is 5.93. The fraction of sp³-hybridized carbons (Fsp3) is 0.278. The van der Waals surface area contributed by atoms with Crippen molar-refractivity contribution in [2.45, 2.75) is 13.3 Å². The monoisotopic (exact) mass is 314 g/mol. The van der Waals surface area contributed by atoms with Crippen molar-refractivity contribution >= 4 is 17.3 Å². The number of nitrogen functional groups attached to an aromatic ring is 1. The summed E-state index contributed by atoms with van der Waals surface area (Å²) in [5, 5.41) is 2.89. The van der Waals surface area contributed by atoms with Gasteiger partial charge < -0.3 is 20.5 Å². The fourth-order valence-corrected chi connectivity index (χ4v) is 2.10. The van der Waals surface area contributed by atoms with Gasteiger partial charge in [0.1, 0.15) is 12.4 Å². The maximum atomic E-state index is 12.2. The molecule has 0 heterocycles. The summed E-state index contributed by atoms with van der Waals surface area (Å²) in [7, 11) is 1.62. The van der Waals surface area contributed by atoms with E-state index in [0.717, 1.165) is 11.1 Å². The van der Waals surface area contributed by atoms with Gasteiger partial charge in [0.2, 0.25) is 5.91 Å². The molecule has 5 nitrogen and oxygen atoms in total. The molecule has 2 rings (SSSR count). The third kappa shape index (κ3) is 5.30. The van der Waals surface area contributed by atoms with Crippen LogP contribution in [-0.2, 0) is 16.0 Å². The topological polar surface area (TPSA) is 73.6 Å². The Kier molecular flexibility index (Phi) is 6.00. The van der Waals surface area contributed by atoms with Crippen LogP contribution in [0.25, 0.3) is 0 Å². The van der Waals surface area contributed by atoms with Crippen LogP contribution in [-0.4, -0.2) is 26.2 Å². The second kappa shape index (κ2) is 8.19. The molecular weight excluding hydrogens is 292 g/mol. The maximum Gasteiger partial charge on any atom is 0.228 e. The van der Waals surface area contributed by atoms with E-state index >= 15 is 0 Å². The van der Waals surface area contributed by atoms with E-state index in [1.54, 1.807) is 19.2 Å². The number of carbonyl (C=O) groups excluding carboxylic acids is 1. The molecule has 0 aromatic heterocycles. The molecule has 2 aromatic carbocycles. The van der Waals surface area contributed by atoms with Gasteiger partial charge in [0.15, 0.2) is 0 Å². The predicted octanol–water partition coefficient (Wildman–Crippen LogP) is 2.78. The van der Waals surface area contributed by atoms with Gasteiger partial charge in [0, 0.05) is 12.8 Å². The molecule has 0 atom stereocenters. The van der Waals surface area contributed by atoms with Gasteiger partial charge >= 0.3 is 0 Å². The Labute approximate surface area is 136 Å². The molecule has 0 spiro atoms. The molecule has 0 aliphatic heterocycles. The van der Waals surface area contributed by atoms with Crippen LogP contribution in [0.2, 0.25) is 0 Å². The summed E-state index contributed by atoms with van der Waals surface area (Å²) >= 11 is 0. The molecule has 0 radical (unpaired) electrons. The van der Waals surface area contributed by atoms with Gasteiger partial charge in [-0.15, -0.1) is 0 Å². The van der Waals surface area contributed by atoms with Gasteiger partial charge in [-0.3, -0.25) is 4.79 Å². The molecule has 23 heavy (non-hydrogen) atoms. The van der Waals surface area contributed by atoms with E-state index in [2.05, 4.69) is 5.32 Å². The highest BCUT2D eigenvalue weighted by Crippen LogP contribution is 2.26. The molecule has 0 unspecified atom stereocenters. The number of rotatable bonds is 7. The summed E-state index contributed by atoms with van der Waals surface area (Å²) in [6.45, 7) is 2.90. The minimum Gasteiger partial charge on any atom is -0.489 e. The minimum atomic E-state index is -0.102. The first-order valence-corrected chi connectivity index (χ1v) is 7.45. The van der Waals surface area contributed by atoms with E-state index in [0.29, 0.717) is 30.3 Å². The number of benzene rings is 2. The van der Waals surface area contributed by atoms with E-state index in [9.17, 15) is 4.79 Å². The lowest BCUT2D eigenvalue weighted by Gasteiger charge is -2.13. The summed E-state index contributed by atoms with van der Waals surface area (Å²) in [6, 6.07) is 12.9. The molecule has 0 aliphatic rings. The largest absolute Gasteiger partial charge is 0.489 e. The Morgan fingerprint density at radius 3 is 2.57 bits per heavy atom. The third-order valence-corrected chi connectivity index (χ3v) is 3.30. The van der Waals surface area contributed by atoms with Crippen molar-refractivity contribution in [2.24, 2.45) is 0 Å². The quantitative estimate of drug-likeness (QED) is 0.609. The smallest absolute Gasteiger partial charge is 0.228 e. The van der Waals surface area contributed by atoms with Crippen LogP contribution in [0.5, 0.6) is 5.75 Å². The van der Waals surface area contributed by atoms with Gasteiger partial charge in [-0.1, -0.05) is 18.2 Å². The van der Waals surface area contributed by atoms with Crippen LogP contribution in [0.4, 0.5) is 11.4 Å². The molecule has 2 aromatic rings. The van der Waals surface area contributed by atoms with Crippen LogP contribution in [0, 0.1) is 6.92 Å². The van der Waals surface area contributed by atoms with Gasteiger partial charge in [-0.25, -0.2) is 0 Å². The molecule has 1 amide bonds. The van der Waals surface area contributed by atoms with E-state index in [4.69, 9.17) is 15.2 Å². The number of nitrogens with one attached hydrogen (secondary N) is 1. The van der Waals surface area contributed by atoms with Gasteiger partial charge in [0.25, 0.3) is 0 Å². The average Bonchev–Trinajstić information content (AvgIpc) is 2.52. The van der Waals surface area contributed by atoms with Crippen molar-refractivity contribution in [3.63, 3.8) is 0 Å². The van der Waals surface area contributed by atoms with Crippen molar-refractivity contribution < 1.29 is 14.3 Å². The van der Waals surface area contributed by atoms with E-state index in [1.807, 2.05) is 37.3 Å². The first kappa shape index (κ1) is 16.8. The van der Waals surface area contributed by atoms with Crippen molar-refractivity contribution in [3.8, 4) is 5.75 Å². The molecule has 5 heteroatoms. The highest BCUT2D eigenvalue weighted by atomic mass is 16.5. The summed E-state index contributed by atoms with van der Waals surface area (Å²) < 4.78 is 10.6. The third-order valence-electron chi connectivity index (χ3n) is 3.30. The number of hydrogen-bond donors (Lipinski definition) is 2. The fourth-order valence-electron chi connectivity index (χ4n) is 2.10. The number of aryl methyl sites for hydroxylation is 1. The zero-order valence-corrected chi connectivity index (χ0v) is 13.5. The van der Waals surface area contributed by atoms with Crippen LogP contribution in [0.15, 0.2) is 42.5 Å². The van der Waals surface area contributed by atoms with E-state index in [-0.39, 0.29) is 12.3 Å². The van der Waals surface area contributed by atoms with E-state index in [1.165, 1.54) is 0 Å². The van der Waals surface area contributed by atoms with Crippen molar-refractivity contribution in [3.05, 3.63) is 53.6 Å². The van der Waals surface area contributed by atoms with Gasteiger partial charge in [0.05, 0.1) is 18.7 Å². The zero-order valence-electron chi connectivity index (χ0n) is 13.5. The first-order chi connectivity index (χ1) is 11.1. The predicted molar refractivity (Wildman–Crippen MR) is 91.7 cm³/mol. The molecule has 122 valence electrons. The summed E-state index contributed by atoms with van der Waals surface area (Å²) in [4.78, 5) is 12.2. The van der Waals surface area contributed by atoms with Crippen molar-refractivity contribution in [1.29, 1.82) is 0 Å². The van der Waals surface area contributed by atoms with Crippen LogP contribution < -0.4 is 15.8 Å². The molecule has 0 saturated heterocycles. The molecular formula is C18H22N2O3. The number of ether oxygens (including phenoxy) is 2. The number of nitrogens with two attached hydrogens (primary N) is 1. The van der Waals surface area contributed by atoms with Crippen molar-refractivity contribution in [1.82, 2.24) is 0 Å². The minimum absolute atomic E-state index is 0.102. The standard InChI is InChI=1S/C18H22N2O3/c1-13-3-8-16(17(11-13)23-10-9-22-2)20-18(21)12-14-4-6-15(19)7-5-14/h3-8,11H,9-10,12,19H2,1-2H3,(H,20,21). The summed E-state index contributed by atoms with van der Waals surface area (Å²) in [6.07, 6.45) is 0.283. The van der Waals surface area contributed by atoms with Crippen LogP contribution in [0.1, 0.15) is 11.1 Å². The summed E-state index contributed by atoms with van der Waals surface area (Å²) in [5.74, 6) is 0.544. The van der Waals surface area contributed by atoms with E-state index < -0.39 is 0 Å². The Morgan fingerprint density at radius 1 is 1.13 bits per heavy atom. The second-order valence-corrected chi connectivity index (χ2v) is 5.31. The number of amides is 1. The molecule has 0 fully saturated rings. The highest BCUT2D eigenvalue weighted by Gasteiger charge is 2.09. The summed E-state index contributed by atoms with van der Waals surface area (Å²) in [5.41, 5.74) is 8.96. The lowest BCUT2D eigenvalue weighted by atomic mass is 10.1. The lowest BCUT2D eigenvalue weighted by molar-refractivity contribution is -0.115. The maximum absolute atomic E-state index is 12.2. The Bertz CT molecular complexity index is 654. The molecule has 3 N–H and O–H groups in total. The normalized spacial score (nSPS) is 10.3. The SMILES string of the molecule is COCCOc1cc(C)ccc1NC(=O)Cc1ccc(N)cc1. The lowest BCUT2D eigenvalue weighted by Crippen LogP contribution is -2.16. The van der Waals surface area contributed by atoms with Crippen molar-refractivity contribution in [2.75, 3.05) is 31.4 Å². The molecule has 0 bridgehead atoms. The number of methoxy groups -OCH3 is 1. The molecule has 0 aliphatic carbocycles. The second-order valence-electron chi connectivity index (χ2n) is 5.31. The number of carbonyl (C=O) groups is 1.